The summed E-state index contributed by atoms with van der Waals surface area (Å²) in [6, 6.07) is 0. The second-order valence-corrected chi connectivity index (χ2v) is 6.44. The Morgan fingerprint density at radius 3 is 2.60 bits per heavy atom. The average molecular weight is 355 g/mol. The number of nitrogens with zero attached hydrogens (tertiary/aromatic N) is 3. The molecule has 2 rings (SSSR count). The fourth-order valence-corrected chi connectivity index (χ4v) is 2.94. The summed E-state index contributed by atoms with van der Waals surface area (Å²) in [6.07, 6.45) is 3.04. The number of aryl methyl sites for hydroxylation is 2. The molecule has 0 aliphatic heterocycles. The maximum absolute atomic E-state index is 4.66. The topological polar surface area (TPSA) is 50.7 Å². The minimum absolute atomic E-state index is 0.708. The molecule has 0 radical (unpaired) electrons. The van der Waals surface area contributed by atoms with Crippen molar-refractivity contribution in [1.29, 1.82) is 0 Å². The van der Waals surface area contributed by atoms with E-state index in [1.54, 1.807) is 11.3 Å². The van der Waals surface area contributed by atoms with Gasteiger partial charge in [0.2, 0.25) is 0 Å². The number of thiazole rings is 1. The normalized spacial score (nSPS) is 10.8. The van der Waals surface area contributed by atoms with Crippen LogP contribution in [0.15, 0.2) is 9.85 Å². The van der Waals surface area contributed by atoms with E-state index in [1.807, 2.05) is 12.3 Å². The first kappa shape index (κ1) is 15.4. The minimum Gasteiger partial charge on any atom is -0.369 e. The summed E-state index contributed by atoms with van der Waals surface area (Å²) in [5, 5.41) is 6.40. The summed E-state index contributed by atoms with van der Waals surface area (Å²) in [4.78, 5) is 13.8. The fraction of sp³-hybridized carbons (Fsp3) is 0.500. The fourth-order valence-electron chi connectivity index (χ4n) is 1.84. The molecule has 2 aromatic heterocycles. The Kier molecular flexibility index (Phi) is 5.48. The van der Waals surface area contributed by atoms with E-state index in [0.717, 1.165) is 52.5 Å². The van der Waals surface area contributed by atoms with Crippen molar-refractivity contribution in [3.05, 3.63) is 20.6 Å². The number of aromatic nitrogens is 3. The van der Waals surface area contributed by atoms with Gasteiger partial charge in [-0.05, 0) is 35.7 Å². The van der Waals surface area contributed by atoms with Gasteiger partial charge in [0.05, 0.1) is 15.2 Å². The minimum atomic E-state index is 0.708. The predicted octanol–water partition coefficient (Wildman–Crippen LogP) is 4.45. The summed E-state index contributed by atoms with van der Waals surface area (Å²) in [7, 11) is 0. The van der Waals surface area contributed by atoms with Gasteiger partial charge in [0.1, 0.15) is 11.5 Å². The Balaban J connectivity index is 2.43. The van der Waals surface area contributed by atoms with Crippen LogP contribution >= 0.6 is 27.3 Å². The van der Waals surface area contributed by atoms with E-state index in [4.69, 9.17) is 0 Å². The van der Waals surface area contributed by atoms with Gasteiger partial charge in [0, 0.05) is 11.9 Å². The highest BCUT2D eigenvalue weighted by molar-refractivity contribution is 9.10. The third-order valence-electron chi connectivity index (χ3n) is 2.80. The lowest BCUT2D eigenvalue weighted by atomic mass is 10.2. The smallest absolute Gasteiger partial charge is 0.181 e. The highest BCUT2D eigenvalue weighted by atomic mass is 79.9. The number of nitrogens with one attached hydrogen (secondary N) is 1. The molecule has 0 atom stereocenters. The summed E-state index contributed by atoms with van der Waals surface area (Å²) in [6.45, 7) is 7.19. The number of anilines is 1. The molecule has 20 heavy (non-hydrogen) atoms. The molecule has 2 aromatic rings. The van der Waals surface area contributed by atoms with Crippen molar-refractivity contribution in [2.75, 3.05) is 11.9 Å². The van der Waals surface area contributed by atoms with Crippen LogP contribution in [-0.2, 0) is 6.42 Å². The monoisotopic (exact) mass is 354 g/mol. The predicted molar refractivity (Wildman–Crippen MR) is 88.4 cm³/mol. The van der Waals surface area contributed by atoms with Crippen LogP contribution in [0.1, 0.15) is 37.4 Å². The van der Waals surface area contributed by atoms with Crippen molar-refractivity contribution >= 4 is 33.1 Å². The number of hydrogen-bond donors (Lipinski definition) is 1. The molecular formula is C14H19BrN4S. The zero-order valence-electron chi connectivity index (χ0n) is 12.0. The third kappa shape index (κ3) is 3.55. The first-order valence-electron chi connectivity index (χ1n) is 6.88. The van der Waals surface area contributed by atoms with Crippen LogP contribution in [0, 0.1) is 6.92 Å². The molecule has 0 fully saturated rings. The first-order valence-corrected chi connectivity index (χ1v) is 8.55. The molecule has 0 amide bonds. The Bertz CT molecular complexity index is 583. The number of hydrogen-bond acceptors (Lipinski definition) is 5. The van der Waals surface area contributed by atoms with Crippen LogP contribution in [-0.4, -0.2) is 21.5 Å². The quantitative estimate of drug-likeness (QED) is 0.832. The largest absolute Gasteiger partial charge is 0.369 e. The summed E-state index contributed by atoms with van der Waals surface area (Å²) >= 11 is 5.24. The van der Waals surface area contributed by atoms with E-state index in [0.29, 0.717) is 5.82 Å². The van der Waals surface area contributed by atoms with Gasteiger partial charge in [-0.15, -0.1) is 11.3 Å². The molecule has 0 saturated heterocycles. The van der Waals surface area contributed by atoms with Crippen LogP contribution in [0.25, 0.3) is 11.5 Å². The van der Waals surface area contributed by atoms with Gasteiger partial charge in [-0.1, -0.05) is 20.3 Å². The standard InChI is InChI=1S/C14H19BrN4S/c1-4-6-10-12(15)14(16-7-5-2)19-13(18-10)11-8-20-9(3)17-11/h8H,4-7H2,1-3H3,(H,16,18,19). The highest BCUT2D eigenvalue weighted by Crippen LogP contribution is 2.28. The van der Waals surface area contributed by atoms with Crippen molar-refractivity contribution in [3.8, 4) is 11.5 Å². The Hall–Kier alpha value is -1.01. The van der Waals surface area contributed by atoms with E-state index in [2.05, 4.69) is 50.0 Å². The second-order valence-electron chi connectivity index (χ2n) is 4.59. The second kappa shape index (κ2) is 7.13. The van der Waals surface area contributed by atoms with E-state index in [-0.39, 0.29) is 0 Å². The molecule has 2 heterocycles. The molecular weight excluding hydrogens is 336 g/mol. The molecule has 1 N–H and O–H groups in total. The summed E-state index contributed by atoms with van der Waals surface area (Å²) in [5.74, 6) is 1.57. The molecule has 0 aliphatic rings. The Morgan fingerprint density at radius 1 is 1.20 bits per heavy atom. The molecule has 0 aromatic carbocycles. The van der Waals surface area contributed by atoms with Gasteiger partial charge >= 0.3 is 0 Å². The zero-order valence-corrected chi connectivity index (χ0v) is 14.4. The Morgan fingerprint density at radius 2 is 2.00 bits per heavy atom. The maximum Gasteiger partial charge on any atom is 0.181 e. The lowest BCUT2D eigenvalue weighted by Gasteiger charge is -2.11. The van der Waals surface area contributed by atoms with Gasteiger partial charge in [-0.3, -0.25) is 0 Å². The average Bonchev–Trinajstić information content (AvgIpc) is 2.86. The molecule has 0 unspecified atom stereocenters. The molecule has 0 bridgehead atoms. The van der Waals surface area contributed by atoms with Crippen molar-refractivity contribution in [1.82, 2.24) is 15.0 Å². The van der Waals surface area contributed by atoms with E-state index in [1.165, 1.54) is 0 Å². The summed E-state index contributed by atoms with van der Waals surface area (Å²) < 4.78 is 0.975. The highest BCUT2D eigenvalue weighted by Gasteiger charge is 2.14. The maximum atomic E-state index is 4.66. The number of rotatable bonds is 6. The molecule has 0 aliphatic carbocycles. The molecule has 4 nitrogen and oxygen atoms in total. The SMILES string of the molecule is CCCNc1nc(-c2csc(C)n2)nc(CCC)c1Br. The van der Waals surface area contributed by atoms with E-state index >= 15 is 0 Å². The van der Waals surface area contributed by atoms with Crippen LogP contribution in [0.5, 0.6) is 0 Å². The van der Waals surface area contributed by atoms with E-state index < -0.39 is 0 Å². The van der Waals surface area contributed by atoms with Gasteiger partial charge < -0.3 is 5.32 Å². The van der Waals surface area contributed by atoms with E-state index in [9.17, 15) is 0 Å². The van der Waals surface area contributed by atoms with Gasteiger partial charge in [-0.2, -0.15) is 0 Å². The summed E-state index contributed by atoms with van der Waals surface area (Å²) in [5.41, 5.74) is 1.90. The van der Waals surface area contributed by atoms with Crippen molar-refractivity contribution in [2.24, 2.45) is 0 Å². The van der Waals surface area contributed by atoms with Gasteiger partial charge in [-0.25, -0.2) is 15.0 Å². The lowest BCUT2D eigenvalue weighted by Crippen LogP contribution is -2.07. The van der Waals surface area contributed by atoms with Crippen molar-refractivity contribution in [2.45, 2.75) is 40.0 Å². The Labute approximate surface area is 132 Å². The van der Waals surface area contributed by atoms with Gasteiger partial charge in [0.15, 0.2) is 5.82 Å². The van der Waals surface area contributed by atoms with Crippen LogP contribution < -0.4 is 5.32 Å². The molecule has 6 heteroatoms. The zero-order chi connectivity index (χ0) is 14.5. The van der Waals surface area contributed by atoms with Crippen molar-refractivity contribution in [3.63, 3.8) is 0 Å². The molecule has 108 valence electrons. The van der Waals surface area contributed by atoms with Crippen LogP contribution in [0.3, 0.4) is 0 Å². The first-order chi connectivity index (χ1) is 9.65. The molecule has 0 spiro atoms. The third-order valence-corrected chi connectivity index (χ3v) is 4.40. The van der Waals surface area contributed by atoms with Gasteiger partial charge in [0.25, 0.3) is 0 Å². The van der Waals surface area contributed by atoms with Crippen LogP contribution in [0.2, 0.25) is 0 Å². The van der Waals surface area contributed by atoms with Crippen molar-refractivity contribution < 1.29 is 0 Å². The lowest BCUT2D eigenvalue weighted by molar-refractivity contribution is 0.863. The number of halogens is 1. The molecule has 0 saturated carbocycles. The van der Waals surface area contributed by atoms with Crippen LogP contribution in [0.4, 0.5) is 5.82 Å².